The molecule has 0 radical (unpaired) electrons. The molecule has 0 saturated carbocycles. The first-order valence-corrected chi connectivity index (χ1v) is 9.42. The van der Waals surface area contributed by atoms with Gasteiger partial charge in [-0.25, -0.2) is 0 Å². The van der Waals surface area contributed by atoms with Gasteiger partial charge in [-0.2, -0.15) is 0 Å². The van der Waals surface area contributed by atoms with Crippen LogP contribution in [0.5, 0.6) is 11.5 Å². The van der Waals surface area contributed by atoms with Crippen molar-refractivity contribution in [3.05, 3.63) is 64.1 Å². The van der Waals surface area contributed by atoms with Gasteiger partial charge in [0.1, 0.15) is 29.0 Å². The summed E-state index contributed by atoms with van der Waals surface area (Å²) >= 11 is 6.27. The molecule has 0 unspecified atom stereocenters. The number of amides is 1. The first-order chi connectivity index (χ1) is 12.5. The van der Waals surface area contributed by atoms with Crippen LogP contribution in [0.3, 0.4) is 0 Å². The molecule has 0 atom stereocenters. The lowest BCUT2D eigenvalue weighted by Gasteiger charge is -2.11. The fourth-order valence-electron chi connectivity index (χ4n) is 2.41. The van der Waals surface area contributed by atoms with Crippen molar-refractivity contribution in [2.24, 2.45) is 0 Å². The van der Waals surface area contributed by atoms with E-state index in [1.807, 2.05) is 42.5 Å². The van der Waals surface area contributed by atoms with E-state index in [1.165, 1.54) is 22.9 Å². The molecule has 2 aromatic carbocycles. The van der Waals surface area contributed by atoms with Crippen LogP contribution in [0.1, 0.15) is 16.7 Å². The van der Waals surface area contributed by atoms with Crippen molar-refractivity contribution >= 4 is 40.3 Å². The average molecular weight is 386 g/mol. The Hall–Kier alpha value is -2.31. The number of rotatable bonds is 6. The van der Waals surface area contributed by atoms with Crippen molar-refractivity contribution in [2.45, 2.75) is 13.8 Å². The maximum atomic E-state index is 11.8. The van der Waals surface area contributed by atoms with Crippen molar-refractivity contribution < 1.29 is 14.3 Å². The minimum absolute atomic E-state index is 0.173. The summed E-state index contributed by atoms with van der Waals surface area (Å²) < 4.78 is 12.1. The lowest BCUT2D eigenvalue weighted by atomic mass is 10.1. The third-order valence-electron chi connectivity index (χ3n) is 3.94. The van der Waals surface area contributed by atoms with Crippen LogP contribution >= 0.6 is 24.0 Å². The van der Waals surface area contributed by atoms with Gasteiger partial charge in [0, 0.05) is 5.56 Å². The zero-order chi connectivity index (χ0) is 18.5. The molecule has 0 aliphatic carbocycles. The van der Waals surface area contributed by atoms with Crippen LogP contribution in [0.15, 0.2) is 47.4 Å². The number of carbonyl (C=O) groups excluding carboxylic acids is 1. The van der Waals surface area contributed by atoms with E-state index >= 15 is 0 Å². The number of aryl methyl sites for hydroxylation is 2. The SMILES string of the molecule is Cc1ccc(OCCOc2ccccc2/C=C2/SC(=S)NC2=O)cc1C. The largest absolute Gasteiger partial charge is 0.490 e. The predicted octanol–water partition coefficient (Wildman–Crippen LogP) is 4.25. The summed E-state index contributed by atoms with van der Waals surface area (Å²) in [6.07, 6.45) is 1.79. The molecule has 0 spiro atoms. The van der Waals surface area contributed by atoms with E-state index in [9.17, 15) is 4.79 Å². The van der Waals surface area contributed by atoms with Crippen LogP contribution in [0.4, 0.5) is 0 Å². The predicted molar refractivity (Wildman–Crippen MR) is 110 cm³/mol. The molecule has 2 aromatic rings. The van der Waals surface area contributed by atoms with Crippen LogP contribution < -0.4 is 14.8 Å². The van der Waals surface area contributed by atoms with E-state index in [2.05, 4.69) is 19.2 Å². The van der Waals surface area contributed by atoms with Gasteiger partial charge in [0.15, 0.2) is 0 Å². The molecule has 1 aliphatic rings. The standard InChI is InChI=1S/C20H19NO3S2/c1-13-7-8-16(11-14(13)2)23-9-10-24-17-6-4-3-5-15(17)12-18-19(22)21-20(25)26-18/h3-8,11-12H,9-10H2,1-2H3,(H,21,22,25)/b18-12+. The number of benzene rings is 2. The van der Waals surface area contributed by atoms with E-state index in [0.717, 1.165) is 11.3 Å². The van der Waals surface area contributed by atoms with Crippen molar-refractivity contribution in [3.8, 4) is 11.5 Å². The van der Waals surface area contributed by atoms with Gasteiger partial charge in [-0.05, 0) is 49.2 Å². The molecule has 1 aliphatic heterocycles. The number of thiocarbonyl (C=S) groups is 1. The Morgan fingerprint density at radius 1 is 1.08 bits per heavy atom. The summed E-state index contributed by atoms with van der Waals surface area (Å²) in [5.74, 6) is 1.36. The second-order valence-corrected chi connectivity index (χ2v) is 7.55. The highest BCUT2D eigenvalue weighted by molar-refractivity contribution is 8.26. The van der Waals surface area contributed by atoms with Gasteiger partial charge in [0.05, 0.1) is 4.91 Å². The van der Waals surface area contributed by atoms with Crippen LogP contribution in [0.2, 0.25) is 0 Å². The molecule has 134 valence electrons. The van der Waals surface area contributed by atoms with Gasteiger partial charge in [-0.3, -0.25) is 4.79 Å². The second kappa shape index (κ2) is 8.38. The summed E-state index contributed by atoms with van der Waals surface area (Å²) in [6, 6.07) is 13.6. The molecule has 6 heteroatoms. The Morgan fingerprint density at radius 3 is 2.58 bits per heavy atom. The molecule has 1 fully saturated rings. The van der Waals surface area contributed by atoms with E-state index in [0.29, 0.717) is 28.2 Å². The number of thioether (sulfide) groups is 1. The monoisotopic (exact) mass is 385 g/mol. The van der Waals surface area contributed by atoms with Gasteiger partial charge in [-0.1, -0.05) is 48.2 Å². The Bertz CT molecular complexity index is 877. The zero-order valence-corrected chi connectivity index (χ0v) is 16.2. The fourth-order valence-corrected chi connectivity index (χ4v) is 3.44. The molecule has 0 aromatic heterocycles. The molecule has 4 nitrogen and oxygen atoms in total. The Morgan fingerprint density at radius 2 is 1.85 bits per heavy atom. The van der Waals surface area contributed by atoms with Crippen LogP contribution in [0, 0.1) is 13.8 Å². The van der Waals surface area contributed by atoms with Gasteiger partial charge in [-0.15, -0.1) is 0 Å². The average Bonchev–Trinajstić information content (AvgIpc) is 2.93. The number of para-hydroxylation sites is 1. The summed E-state index contributed by atoms with van der Waals surface area (Å²) in [5, 5.41) is 2.61. The quantitative estimate of drug-likeness (QED) is 0.458. The van der Waals surface area contributed by atoms with Gasteiger partial charge in [0.25, 0.3) is 5.91 Å². The van der Waals surface area contributed by atoms with E-state index in [-0.39, 0.29) is 5.91 Å². The summed E-state index contributed by atoms with van der Waals surface area (Å²) in [5.41, 5.74) is 3.27. The molecule has 0 bridgehead atoms. The Balaban J connectivity index is 1.60. The maximum absolute atomic E-state index is 11.8. The minimum Gasteiger partial charge on any atom is -0.490 e. The Kier molecular flexibility index (Phi) is 5.96. The lowest BCUT2D eigenvalue weighted by Crippen LogP contribution is -2.17. The molecular weight excluding hydrogens is 366 g/mol. The number of ether oxygens (including phenoxy) is 2. The number of carbonyl (C=O) groups is 1. The van der Waals surface area contributed by atoms with E-state index in [1.54, 1.807) is 6.08 Å². The smallest absolute Gasteiger partial charge is 0.263 e. The minimum atomic E-state index is -0.173. The third-order valence-corrected chi connectivity index (χ3v) is 5.10. The van der Waals surface area contributed by atoms with Gasteiger partial charge in [0.2, 0.25) is 0 Å². The molecule has 1 saturated heterocycles. The fraction of sp³-hybridized carbons (Fsp3) is 0.200. The highest BCUT2D eigenvalue weighted by atomic mass is 32.2. The maximum Gasteiger partial charge on any atom is 0.263 e. The molecule has 1 amide bonds. The van der Waals surface area contributed by atoms with Crippen LogP contribution in [-0.2, 0) is 4.79 Å². The molecule has 3 rings (SSSR count). The van der Waals surface area contributed by atoms with Crippen molar-refractivity contribution in [3.63, 3.8) is 0 Å². The normalized spacial score (nSPS) is 15.2. The third kappa shape index (κ3) is 4.65. The first kappa shape index (κ1) is 18.5. The van der Waals surface area contributed by atoms with Crippen molar-refractivity contribution in [1.29, 1.82) is 0 Å². The van der Waals surface area contributed by atoms with Crippen LogP contribution in [-0.4, -0.2) is 23.4 Å². The molecular formula is C20H19NO3S2. The summed E-state index contributed by atoms with van der Waals surface area (Å²) in [7, 11) is 0. The summed E-state index contributed by atoms with van der Waals surface area (Å²) in [6.45, 7) is 4.98. The number of hydrogen-bond acceptors (Lipinski definition) is 5. The van der Waals surface area contributed by atoms with Gasteiger partial charge < -0.3 is 14.8 Å². The highest BCUT2D eigenvalue weighted by Crippen LogP contribution is 2.29. The van der Waals surface area contributed by atoms with E-state index < -0.39 is 0 Å². The zero-order valence-electron chi connectivity index (χ0n) is 14.6. The summed E-state index contributed by atoms with van der Waals surface area (Å²) in [4.78, 5) is 12.4. The molecule has 1 heterocycles. The van der Waals surface area contributed by atoms with E-state index in [4.69, 9.17) is 21.7 Å². The Labute approximate surface area is 162 Å². The number of nitrogens with one attached hydrogen (secondary N) is 1. The van der Waals surface area contributed by atoms with Crippen LogP contribution in [0.25, 0.3) is 6.08 Å². The highest BCUT2D eigenvalue weighted by Gasteiger charge is 2.22. The van der Waals surface area contributed by atoms with Gasteiger partial charge >= 0.3 is 0 Å². The lowest BCUT2D eigenvalue weighted by molar-refractivity contribution is -0.115. The first-order valence-electron chi connectivity index (χ1n) is 8.19. The number of hydrogen-bond donors (Lipinski definition) is 1. The molecule has 1 N–H and O–H groups in total. The molecule has 26 heavy (non-hydrogen) atoms. The topological polar surface area (TPSA) is 47.6 Å². The second-order valence-electron chi connectivity index (χ2n) is 5.83. The van der Waals surface area contributed by atoms with Crippen molar-refractivity contribution in [1.82, 2.24) is 5.32 Å². The van der Waals surface area contributed by atoms with Crippen molar-refractivity contribution in [2.75, 3.05) is 13.2 Å².